The van der Waals surface area contributed by atoms with Gasteiger partial charge in [-0.15, -0.1) is 11.3 Å². The number of carbonyl (C=O) groups excluding carboxylic acids is 1. The molecule has 0 saturated heterocycles. The van der Waals surface area contributed by atoms with Gasteiger partial charge in [-0.2, -0.15) is 0 Å². The summed E-state index contributed by atoms with van der Waals surface area (Å²) in [6.45, 7) is 0. The zero-order valence-electron chi connectivity index (χ0n) is 15.0. The van der Waals surface area contributed by atoms with Crippen LogP contribution in [0, 0.1) is 0 Å². The first-order valence-corrected chi connectivity index (χ1v) is 9.62. The Kier molecular flexibility index (Phi) is 6.08. The highest BCUT2D eigenvalue weighted by molar-refractivity contribution is 7.12. The van der Waals surface area contributed by atoms with Crippen molar-refractivity contribution in [1.82, 2.24) is 0 Å². The number of fused-ring (bicyclic) bond motifs is 1. The van der Waals surface area contributed by atoms with Crippen LogP contribution in [0.5, 0.6) is 5.75 Å². The van der Waals surface area contributed by atoms with Gasteiger partial charge in [-0.3, -0.25) is 4.79 Å². The van der Waals surface area contributed by atoms with E-state index in [1.54, 1.807) is 18.6 Å². The van der Waals surface area contributed by atoms with Crippen molar-refractivity contribution >= 4 is 39.7 Å². The van der Waals surface area contributed by atoms with Gasteiger partial charge in [0, 0.05) is 6.42 Å². The van der Waals surface area contributed by atoms with Crippen LogP contribution in [0.25, 0.3) is 10.8 Å². The molecule has 3 aromatic rings. The Morgan fingerprint density at radius 3 is 2.63 bits per heavy atom. The first-order valence-electron chi connectivity index (χ1n) is 8.74. The maximum Gasteiger partial charge on any atom is 0.348 e. The number of carboxylic acid groups (broad SMARTS) is 1. The second kappa shape index (κ2) is 8.68. The van der Waals surface area contributed by atoms with E-state index in [0.717, 1.165) is 41.7 Å². The number of anilines is 1. The van der Waals surface area contributed by atoms with Crippen molar-refractivity contribution < 1.29 is 19.4 Å². The van der Waals surface area contributed by atoms with Gasteiger partial charge in [-0.25, -0.2) is 4.79 Å². The summed E-state index contributed by atoms with van der Waals surface area (Å²) in [5, 5.41) is 15.7. The van der Waals surface area contributed by atoms with Crippen LogP contribution in [0.3, 0.4) is 0 Å². The first kappa shape index (κ1) is 18.9. The molecule has 27 heavy (non-hydrogen) atoms. The molecule has 2 aromatic carbocycles. The number of benzene rings is 2. The third-order valence-electron chi connectivity index (χ3n) is 4.36. The van der Waals surface area contributed by atoms with Crippen LogP contribution in [0.4, 0.5) is 5.69 Å². The zero-order chi connectivity index (χ0) is 19.2. The van der Waals surface area contributed by atoms with Gasteiger partial charge in [0.1, 0.15) is 10.6 Å². The van der Waals surface area contributed by atoms with Gasteiger partial charge >= 0.3 is 5.97 Å². The van der Waals surface area contributed by atoms with Gasteiger partial charge in [0.2, 0.25) is 5.91 Å². The van der Waals surface area contributed by atoms with Gasteiger partial charge in [-0.05, 0) is 59.2 Å². The smallest absolute Gasteiger partial charge is 0.348 e. The van der Waals surface area contributed by atoms with E-state index >= 15 is 0 Å². The van der Waals surface area contributed by atoms with E-state index < -0.39 is 5.97 Å². The molecule has 1 heterocycles. The molecule has 1 aromatic heterocycles. The molecule has 1 amide bonds. The number of carbonyl (C=O) groups is 2. The van der Waals surface area contributed by atoms with Gasteiger partial charge in [-0.1, -0.05) is 24.3 Å². The van der Waals surface area contributed by atoms with Crippen LogP contribution in [0.2, 0.25) is 0 Å². The van der Waals surface area contributed by atoms with Crippen LogP contribution in [0.15, 0.2) is 47.8 Å². The number of methoxy groups -OCH3 is 1. The molecule has 5 nitrogen and oxygen atoms in total. The Morgan fingerprint density at radius 2 is 1.85 bits per heavy atom. The lowest BCUT2D eigenvalue weighted by molar-refractivity contribution is -0.116. The summed E-state index contributed by atoms with van der Waals surface area (Å²) < 4.78 is 5.24. The molecule has 140 valence electrons. The monoisotopic (exact) mass is 383 g/mol. The lowest BCUT2D eigenvalue weighted by Gasteiger charge is -2.07. The minimum absolute atomic E-state index is 0.151. The van der Waals surface area contributed by atoms with Crippen LogP contribution < -0.4 is 10.1 Å². The highest BCUT2D eigenvalue weighted by atomic mass is 32.1. The second-order valence-corrected chi connectivity index (χ2v) is 7.19. The number of rotatable bonds is 8. The van der Waals surface area contributed by atoms with E-state index in [9.17, 15) is 9.59 Å². The van der Waals surface area contributed by atoms with Crippen LogP contribution >= 0.6 is 11.3 Å². The van der Waals surface area contributed by atoms with E-state index in [1.165, 1.54) is 10.9 Å². The largest absolute Gasteiger partial charge is 0.497 e. The molecule has 0 aliphatic rings. The van der Waals surface area contributed by atoms with E-state index in [2.05, 4.69) is 23.5 Å². The number of aryl methyl sites for hydroxylation is 1. The third kappa shape index (κ3) is 4.86. The Balaban J connectivity index is 1.48. The normalized spacial score (nSPS) is 10.7. The highest BCUT2D eigenvalue weighted by Gasteiger charge is 2.13. The number of hydrogen-bond donors (Lipinski definition) is 2. The summed E-state index contributed by atoms with van der Waals surface area (Å²) in [5.41, 5.74) is 1.61. The number of ether oxygens (including phenoxy) is 1. The minimum atomic E-state index is -1.02. The molecular weight excluding hydrogens is 362 g/mol. The number of carboxylic acids is 1. The van der Waals surface area contributed by atoms with E-state index in [4.69, 9.17) is 9.84 Å². The Labute approximate surface area is 161 Å². The summed E-state index contributed by atoms with van der Waals surface area (Å²) in [4.78, 5) is 23.2. The van der Waals surface area contributed by atoms with Crippen molar-refractivity contribution in [1.29, 1.82) is 0 Å². The Bertz CT molecular complexity index is 964. The lowest BCUT2D eigenvalue weighted by atomic mass is 10.0. The van der Waals surface area contributed by atoms with Crippen LogP contribution in [0.1, 0.15) is 34.5 Å². The summed E-state index contributed by atoms with van der Waals surface area (Å²) in [6, 6.07) is 14.0. The number of hydrogen-bond acceptors (Lipinski definition) is 4. The van der Waals surface area contributed by atoms with Crippen LogP contribution in [-0.4, -0.2) is 24.1 Å². The Morgan fingerprint density at radius 1 is 1.07 bits per heavy atom. The highest BCUT2D eigenvalue weighted by Crippen LogP contribution is 2.24. The van der Waals surface area contributed by atoms with Gasteiger partial charge in [0.25, 0.3) is 0 Å². The molecule has 0 atom stereocenters. The average molecular weight is 383 g/mol. The van der Waals surface area contributed by atoms with E-state index in [-0.39, 0.29) is 10.8 Å². The summed E-state index contributed by atoms with van der Waals surface area (Å²) >= 11 is 1.11. The first-order chi connectivity index (χ1) is 13.1. The molecule has 0 radical (unpaired) electrons. The molecule has 0 unspecified atom stereocenters. The number of nitrogens with one attached hydrogen (secondary N) is 1. The van der Waals surface area contributed by atoms with Crippen molar-refractivity contribution in [2.45, 2.75) is 25.7 Å². The van der Waals surface area contributed by atoms with Gasteiger partial charge < -0.3 is 15.2 Å². The van der Waals surface area contributed by atoms with E-state index in [1.807, 2.05) is 18.2 Å². The predicted octanol–water partition coefficient (Wildman–Crippen LogP) is 4.96. The average Bonchev–Trinajstić information content (AvgIpc) is 3.13. The molecule has 0 aliphatic carbocycles. The number of thiophene rings is 1. The molecule has 0 fully saturated rings. The fraction of sp³-hybridized carbons (Fsp3) is 0.238. The molecule has 0 spiro atoms. The van der Waals surface area contributed by atoms with Crippen LogP contribution in [-0.2, 0) is 11.2 Å². The summed E-state index contributed by atoms with van der Waals surface area (Å²) in [6.07, 6.45) is 2.91. The maximum absolute atomic E-state index is 12.0. The third-order valence-corrected chi connectivity index (χ3v) is 5.27. The van der Waals surface area contributed by atoms with Crippen molar-refractivity contribution in [2.24, 2.45) is 0 Å². The van der Waals surface area contributed by atoms with Crippen molar-refractivity contribution in [3.63, 3.8) is 0 Å². The molecule has 0 saturated carbocycles. The minimum Gasteiger partial charge on any atom is -0.497 e. The van der Waals surface area contributed by atoms with Crippen molar-refractivity contribution in [3.05, 3.63) is 58.3 Å². The molecule has 3 rings (SSSR count). The van der Waals surface area contributed by atoms with Crippen molar-refractivity contribution in [2.75, 3.05) is 12.4 Å². The summed E-state index contributed by atoms with van der Waals surface area (Å²) in [7, 11) is 1.66. The summed E-state index contributed by atoms with van der Waals surface area (Å²) in [5.74, 6) is -0.325. The van der Waals surface area contributed by atoms with E-state index in [0.29, 0.717) is 12.1 Å². The second-order valence-electron chi connectivity index (χ2n) is 6.27. The fourth-order valence-electron chi connectivity index (χ4n) is 2.96. The quantitative estimate of drug-likeness (QED) is 0.539. The number of amides is 1. The molecule has 2 N–H and O–H groups in total. The fourth-order valence-corrected chi connectivity index (χ4v) is 3.64. The molecular formula is C21H21NO4S. The molecule has 0 aliphatic heterocycles. The topological polar surface area (TPSA) is 75.6 Å². The van der Waals surface area contributed by atoms with Gasteiger partial charge in [0.15, 0.2) is 0 Å². The maximum atomic E-state index is 12.0. The number of aromatic carboxylic acids is 1. The Hall–Kier alpha value is -2.86. The van der Waals surface area contributed by atoms with Crippen molar-refractivity contribution in [3.8, 4) is 5.75 Å². The van der Waals surface area contributed by atoms with Gasteiger partial charge in [0.05, 0.1) is 12.8 Å². The predicted molar refractivity (Wildman–Crippen MR) is 108 cm³/mol. The zero-order valence-corrected chi connectivity index (χ0v) is 15.8. The number of unbranched alkanes of at least 4 members (excludes halogenated alkanes) is 1. The molecule has 6 heteroatoms. The SMILES string of the molecule is COc1ccc2cc(CCCCC(=O)Nc3ccsc3C(=O)O)ccc2c1. The molecule has 0 bridgehead atoms. The standard InChI is InChI=1S/C21H21NO4S/c1-26-17-9-8-15-12-14(6-7-16(15)13-17)4-2-3-5-19(23)22-18-10-11-27-20(18)21(24)25/h6-13H,2-5H2,1H3,(H,22,23)(H,24,25). The lowest BCUT2D eigenvalue weighted by Crippen LogP contribution is -2.12.